The Kier molecular flexibility index (Phi) is 6.72. The van der Waals surface area contributed by atoms with Gasteiger partial charge in [-0.2, -0.15) is 13.2 Å². The van der Waals surface area contributed by atoms with Gasteiger partial charge in [0.15, 0.2) is 0 Å². The Morgan fingerprint density at radius 1 is 1.33 bits per heavy atom. The molecule has 0 fully saturated rings. The lowest BCUT2D eigenvalue weighted by Gasteiger charge is -2.09. The molecule has 0 spiro atoms. The van der Waals surface area contributed by atoms with Gasteiger partial charge in [-0.05, 0) is 24.3 Å². The summed E-state index contributed by atoms with van der Waals surface area (Å²) in [6.07, 6.45) is -3.35. The van der Waals surface area contributed by atoms with Crippen LogP contribution >= 0.6 is 12.4 Å². The minimum Gasteiger partial charge on any atom is -0.489 e. The predicted molar refractivity (Wildman–Crippen MR) is 62.4 cm³/mol. The molecule has 1 aromatic carbocycles. The molecule has 18 heavy (non-hydrogen) atoms. The standard InChI is InChI=1S/C11H11F4NO.ClH/c12-9(7-16)4-5-17-10-3-1-2-8(6-10)11(13,14)15;/h1-4,6H,5,7,16H2;1H. The molecule has 0 saturated carbocycles. The maximum atomic E-state index is 12.6. The fourth-order valence-electron chi connectivity index (χ4n) is 1.07. The average molecular weight is 286 g/mol. The average Bonchev–Trinajstić information content (AvgIpc) is 2.28. The van der Waals surface area contributed by atoms with Gasteiger partial charge in [-0.15, -0.1) is 12.4 Å². The second-order valence-electron chi connectivity index (χ2n) is 3.19. The number of alkyl halides is 3. The number of ether oxygens (including phenoxy) is 1. The van der Waals surface area contributed by atoms with E-state index >= 15 is 0 Å². The highest BCUT2D eigenvalue weighted by atomic mass is 35.5. The van der Waals surface area contributed by atoms with Crippen LogP contribution in [0.25, 0.3) is 0 Å². The molecule has 0 amide bonds. The molecule has 2 N–H and O–H groups in total. The second-order valence-corrected chi connectivity index (χ2v) is 3.19. The molecule has 0 aliphatic heterocycles. The smallest absolute Gasteiger partial charge is 0.416 e. The van der Waals surface area contributed by atoms with Gasteiger partial charge in [-0.25, -0.2) is 4.39 Å². The minimum absolute atomic E-state index is 0. The Bertz CT molecular complexity index is 406. The molecule has 1 aromatic rings. The Morgan fingerprint density at radius 2 is 2.00 bits per heavy atom. The summed E-state index contributed by atoms with van der Waals surface area (Å²) >= 11 is 0. The van der Waals surface area contributed by atoms with Crippen LogP contribution in [0.15, 0.2) is 36.2 Å². The lowest BCUT2D eigenvalue weighted by Crippen LogP contribution is -2.05. The van der Waals surface area contributed by atoms with E-state index in [-0.39, 0.29) is 31.3 Å². The van der Waals surface area contributed by atoms with E-state index in [9.17, 15) is 17.6 Å². The third kappa shape index (κ3) is 5.37. The van der Waals surface area contributed by atoms with Gasteiger partial charge < -0.3 is 10.5 Å². The molecule has 1 rings (SSSR count). The molecule has 2 nitrogen and oxygen atoms in total. The SMILES string of the molecule is Cl.NCC(F)=CCOc1cccc(C(F)(F)F)c1. The van der Waals surface area contributed by atoms with E-state index in [0.29, 0.717) is 0 Å². The predicted octanol–water partition coefficient (Wildman–Crippen LogP) is 3.32. The summed E-state index contributed by atoms with van der Waals surface area (Å²) < 4.78 is 54.5. The van der Waals surface area contributed by atoms with Crippen molar-refractivity contribution in [1.82, 2.24) is 0 Å². The molecule has 7 heteroatoms. The van der Waals surface area contributed by atoms with Crippen LogP contribution in [0.2, 0.25) is 0 Å². The highest BCUT2D eigenvalue weighted by Gasteiger charge is 2.30. The van der Waals surface area contributed by atoms with E-state index < -0.39 is 17.6 Å². The lowest BCUT2D eigenvalue weighted by molar-refractivity contribution is -0.137. The maximum Gasteiger partial charge on any atom is 0.416 e. The fraction of sp³-hybridized carbons (Fsp3) is 0.273. The van der Waals surface area contributed by atoms with E-state index in [1.165, 1.54) is 12.1 Å². The summed E-state index contributed by atoms with van der Waals surface area (Å²) in [4.78, 5) is 0. The van der Waals surface area contributed by atoms with Gasteiger partial charge in [0, 0.05) is 6.54 Å². The van der Waals surface area contributed by atoms with Crippen molar-refractivity contribution in [1.29, 1.82) is 0 Å². The van der Waals surface area contributed by atoms with Crippen molar-refractivity contribution in [2.24, 2.45) is 5.73 Å². The van der Waals surface area contributed by atoms with Crippen molar-refractivity contribution in [3.63, 3.8) is 0 Å². The zero-order valence-corrected chi connectivity index (χ0v) is 10.0. The minimum atomic E-state index is -4.42. The molecule has 0 saturated heterocycles. The van der Waals surface area contributed by atoms with Gasteiger partial charge in [0.2, 0.25) is 0 Å². The number of hydrogen-bond donors (Lipinski definition) is 1. The Balaban J connectivity index is 0.00000289. The molecular weight excluding hydrogens is 274 g/mol. The van der Waals surface area contributed by atoms with E-state index in [1.807, 2.05) is 0 Å². The zero-order valence-electron chi connectivity index (χ0n) is 9.21. The van der Waals surface area contributed by atoms with Crippen molar-refractivity contribution < 1.29 is 22.3 Å². The quantitative estimate of drug-likeness (QED) is 0.861. The van der Waals surface area contributed by atoms with Crippen molar-refractivity contribution >= 4 is 12.4 Å². The summed E-state index contributed by atoms with van der Waals surface area (Å²) in [5, 5.41) is 0. The van der Waals surface area contributed by atoms with E-state index in [0.717, 1.165) is 18.2 Å². The summed E-state index contributed by atoms with van der Waals surface area (Å²) in [6, 6.07) is 4.38. The van der Waals surface area contributed by atoms with Crippen molar-refractivity contribution in [2.75, 3.05) is 13.2 Å². The number of halogens is 5. The van der Waals surface area contributed by atoms with Crippen LogP contribution in [0.1, 0.15) is 5.56 Å². The molecular formula is C11H12ClF4NO. The molecule has 0 aliphatic rings. The van der Waals surface area contributed by atoms with Crippen LogP contribution in [0.5, 0.6) is 5.75 Å². The number of benzene rings is 1. The second kappa shape index (κ2) is 7.23. The van der Waals surface area contributed by atoms with E-state index in [2.05, 4.69) is 0 Å². The summed E-state index contributed by atoms with van der Waals surface area (Å²) in [5.41, 5.74) is 4.18. The molecule has 0 bridgehead atoms. The summed E-state index contributed by atoms with van der Waals surface area (Å²) in [7, 11) is 0. The van der Waals surface area contributed by atoms with Gasteiger partial charge in [-0.1, -0.05) is 6.07 Å². The van der Waals surface area contributed by atoms with Crippen LogP contribution in [-0.2, 0) is 6.18 Å². The molecule has 0 radical (unpaired) electrons. The highest BCUT2D eigenvalue weighted by Crippen LogP contribution is 2.31. The van der Waals surface area contributed by atoms with Crippen molar-refractivity contribution in [2.45, 2.75) is 6.18 Å². The highest BCUT2D eigenvalue weighted by molar-refractivity contribution is 5.85. The normalized spacial score (nSPS) is 11.9. The van der Waals surface area contributed by atoms with Gasteiger partial charge in [0.25, 0.3) is 0 Å². The summed E-state index contributed by atoms with van der Waals surface area (Å²) in [6.45, 7) is -0.420. The Morgan fingerprint density at radius 3 is 2.56 bits per heavy atom. The Hall–Kier alpha value is -1.27. The van der Waals surface area contributed by atoms with E-state index in [1.54, 1.807) is 0 Å². The summed E-state index contributed by atoms with van der Waals surface area (Å²) in [5.74, 6) is -0.544. The zero-order chi connectivity index (χ0) is 12.9. The first-order valence-corrected chi connectivity index (χ1v) is 4.78. The van der Waals surface area contributed by atoms with Crippen LogP contribution in [0, 0.1) is 0 Å². The molecule has 0 aromatic heterocycles. The molecule has 0 aliphatic carbocycles. The van der Waals surface area contributed by atoms with Crippen molar-refractivity contribution in [3.05, 3.63) is 41.7 Å². The fourth-order valence-corrected chi connectivity index (χ4v) is 1.07. The largest absolute Gasteiger partial charge is 0.489 e. The first-order valence-electron chi connectivity index (χ1n) is 4.78. The first kappa shape index (κ1) is 16.7. The number of rotatable bonds is 4. The van der Waals surface area contributed by atoms with Crippen LogP contribution in [0.3, 0.4) is 0 Å². The maximum absolute atomic E-state index is 12.6. The molecule has 102 valence electrons. The van der Waals surface area contributed by atoms with Crippen molar-refractivity contribution in [3.8, 4) is 5.75 Å². The first-order chi connectivity index (χ1) is 7.93. The number of nitrogens with two attached hydrogens (primary N) is 1. The van der Waals surface area contributed by atoms with Crippen LogP contribution < -0.4 is 10.5 Å². The van der Waals surface area contributed by atoms with E-state index in [4.69, 9.17) is 10.5 Å². The van der Waals surface area contributed by atoms with Gasteiger partial charge in [0.05, 0.1) is 5.56 Å². The van der Waals surface area contributed by atoms with Gasteiger partial charge in [-0.3, -0.25) is 0 Å². The molecule has 0 unspecified atom stereocenters. The van der Waals surface area contributed by atoms with Gasteiger partial charge in [0.1, 0.15) is 18.2 Å². The topological polar surface area (TPSA) is 35.2 Å². The van der Waals surface area contributed by atoms with Crippen LogP contribution in [-0.4, -0.2) is 13.2 Å². The number of hydrogen-bond acceptors (Lipinski definition) is 2. The molecule has 0 heterocycles. The van der Waals surface area contributed by atoms with Gasteiger partial charge >= 0.3 is 6.18 Å². The third-order valence-corrected chi connectivity index (χ3v) is 1.91. The third-order valence-electron chi connectivity index (χ3n) is 1.91. The molecule has 0 atom stereocenters. The van der Waals surface area contributed by atoms with Crippen LogP contribution in [0.4, 0.5) is 17.6 Å². The Labute approximate surface area is 108 Å². The lowest BCUT2D eigenvalue weighted by atomic mass is 10.2. The monoisotopic (exact) mass is 285 g/mol.